The fourth-order valence-corrected chi connectivity index (χ4v) is 2.60. The number of ether oxygens (including phenoxy) is 1. The van der Waals surface area contributed by atoms with Crippen molar-refractivity contribution in [3.8, 4) is 11.9 Å². The third-order valence-corrected chi connectivity index (χ3v) is 3.69. The van der Waals surface area contributed by atoms with Crippen molar-refractivity contribution >= 4 is 38.3 Å². The number of nitrogens with one attached hydrogen (secondary N) is 1. The predicted octanol–water partition coefficient (Wildman–Crippen LogP) is 4.41. The number of nitriles is 1. The second-order valence-corrected chi connectivity index (χ2v) is 5.66. The van der Waals surface area contributed by atoms with Gasteiger partial charge < -0.3 is 10.1 Å². The minimum atomic E-state index is 0.429. The molecule has 0 fully saturated rings. The standard InChI is InChI=1S/C17H13BrN4O/c1-2-23-15-7-6-14-17(22-15)16(11(9-19)10-20-14)21-13-5-3-4-12(18)8-13/h3-8,10H,2H2,1H3,(H,20,21). The number of aromatic nitrogens is 2. The molecule has 0 spiro atoms. The zero-order valence-corrected chi connectivity index (χ0v) is 14.0. The van der Waals surface area contributed by atoms with Gasteiger partial charge in [0.1, 0.15) is 11.6 Å². The number of hydrogen-bond donors (Lipinski definition) is 1. The number of pyridine rings is 2. The first-order valence-electron chi connectivity index (χ1n) is 7.06. The van der Waals surface area contributed by atoms with Crippen molar-refractivity contribution in [2.75, 3.05) is 11.9 Å². The fraction of sp³-hybridized carbons (Fsp3) is 0.118. The van der Waals surface area contributed by atoms with Gasteiger partial charge >= 0.3 is 0 Å². The Morgan fingerprint density at radius 2 is 2.17 bits per heavy atom. The summed E-state index contributed by atoms with van der Waals surface area (Å²) < 4.78 is 6.40. The Balaban J connectivity index is 2.15. The number of hydrogen-bond acceptors (Lipinski definition) is 5. The Kier molecular flexibility index (Phi) is 4.40. The zero-order chi connectivity index (χ0) is 16.2. The second-order valence-electron chi connectivity index (χ2n) is 4.74. The summed E-state index contributed by atoms with van der Waals surface area (Å²) in [6, 6.07) is 13.5. The van der Waals surface area contributed by atoms with Gasteiger partial charge in [0.2, 0.25) is 5.88 Å². The number of rotatable bonds is 4. The Hall–Kier alpha value is -2.65. The van der Waals surface area contributed by atoms with Gasteiger partial charge in [-0.1, -0.05) is 22.0 Å². The number of fused-ring (bicyclic) bond motifs is 1. The molecule has 0 aliphatic carbocycles. The lowest BCUT2D eigenvalue weighted by Gasteiger charge is -2.12. The van der Waals surface area contributed by atoms with Crippen molar-refractivity contribution in [2.45, 2.75) is 6.92 Å². The Morgan fingerprint density at radius 1 is 1.30 bits per heavy atom. The summed E-state index contributed by atoms with van der Waals surface area (Å²) in [7, 11) is 0. The van der Waals surface area contributed by atoms with Crippen molar-refractivity contribution in [3.63, 3.8) is 0 Å². The van der Waals surface area contributed by atoms with Crippen LogP contribution in [-0.4, -0.2) is 16.6 Å². The van der Waals surface area contributed by atoms with Crippen LogP contribution in [-0.2, 0) is 0 Å². The predicted molar refractivity (Wildman–Crippen MR) is 92.8 cm³/mol. The van der Waals surface area contributed by atoms with Gasteiger partial charge in [-0.15, -0.1) is 0 Å². The highest BCUT2D eigenvalue weighted by Crippen LogP contribution is 2.29. The van der Waals surface area contributed by atoms with Crippen LogP contribution < -0.4 is 10.1 Å². The molecule has 1 aromatic carbocycles. The van der Waals surface area contributed by atoms with E-state index >= 15 is 0 Å². The van der Waals surface area contributed by atoms with Crippen LogP contribution in [0.5, 0.6) is 5.88 Å². The van der Waals surface area contributed by atoms with Crippen LogP contribution in [0.25, 0.3) is 11.0 Å². The van der Waals surface area contributed by atoms with Gasteiger partial charge in [0, 0.05) is 22.4 Å². The number of nitrogens with zero attached hydrogens (tertiary/aromatic N) is 3. The van der Waals surface area contributed by atoms with Gasteiger partial charge in [-0.3, -0.25) is 4.98 Å². The summed E-state index contributed by atoms with van der Waals surface area (Å²) in [5, 5.41) is 12.7. The molecule has 1 N–H and O–H groups in total. The molecule has 0 saturated heterocycles. The quantitative estimate of drug-likeness (QED) is 0.738. The van der Waals surface area contributed by atoms with Crippen LogP contribution in [0.2, 0.25) is 0 Å². The van der Waals surface area contributed by atoms with Gasteiger partial charge in [-0.2, -0.15) is 5.26 Å². The molecular formula is C17H13BrN4O. The summed E-state index contributed by atoms with van der Waals surface area (Å²) in [4.78, 5) is 8.77. The van der Waals surface area contributed by atoms with Crippen molar-refractivity contribution in [1.29, 1.82) is 5.26 Å². The normalized spacial score (nSPS) is 10.3. The molecule has 0 amide bonds. The van der Waals surface area contributed by atoms with Crippen LogP contribution in [0, 0.1) is 11.3 Å². The van der Waals surface area contributed by atoms with Gasteiger partial charge in [-0.25, -0.2) is 4.98 Å². The average Bonchev–Trinajstić information content (AvgIpc) is 2.56. The van der Waals surface area contributed by atoms with Crippen molar-refractivity contribution in [1.82, 2.24) is 9.97 Å². The summed E-state index contributed by atoms with van der Waals surface area (Å²) >= 11 is 3.44. The summed E-state index contributed by atoms with van der Waals surface area (Å²) in [6.07, 6.45) is 1.55. The Morgan fingerprint density at radius 3 is 2.91 bits per heavy atom. The smallest absolute Gasteiger partial charge is 0.213 e. The van der Waals surface area contributed by atoms with Crippen LogP contribution in [0.15, 0.2) is 47.1 Å². The van der Waals surface area contributed by atoms with Crippen molar-refractivity contribution in [2.24, 2.45) is 0 Å². The maximum Gasteiger partial charge on any atom is 0.213 e. The highest BCUT2D eigenvalue weighted by Gasteiger charge is 2.12. The van der Waals surface area contributed by atoms with Crippen LogP contribution in [0.4, 0.5) is 11.4 Å². The first-order chi connectivity index (χ1) is 11.2. The molecule has 0 aliphatic heterocycles. The summed E-state index contributed by atoms with van der Waals surface area (Å²) in [5.41, 5.74) is 3.21. The van der Waals surface area contributed by atoms with Crippen molar-refractivity contribution < 1.29 is 4.74 Å². The Bertz CT molecular complexity index is 905. The van der Waals surface area contributed by atoms with E-state index in [0.717, 1.165) is 10.2 Å². The van der Waals surface area contributed by atoms with E-state index in [4.69, 9.17) is 4.74 Å². The maximum absolute atomic E-state index is 9.38. The second kappa shape index (κ2) is 6.63. The van der Waals surface area contributed by atoms with E-state index in [1.54, 1.807) is 12.3 Å². The molecule has 114 valence electrons. The third-order valence-electron chi connectivity index (χ3n) is 3.19. The topological polar surface area (TPSA) is 70.8 Å². The van der Waals surface area contributed by atoms with Gasteiger partial charge in [0.05, 0.1) is 23.4 Å². The van der Waals surface area contributed by atoms with Gasteiger partial charge in [0.25, 0.3) is 0 Å². The molecule has 2 aromatic heterocycles. The van der Waals surface area contributed by atoms with E-state index in [0.29, 0.717) is 34.8 Å². The fourth-order valence-electron chi connectivity index (χ4n) is 2.20. The molecule has 2 heterocycles. The van der Waals surface area contributed by atoms with E-state index in [-0.39, 0.29) is 0 Å². The Labute approximate surface area is 142 Å². The van der Waals surface area contributed by atoms with E-state index in [1.165, 1.54) is 0 Å². The molecule has 0 bridgehead atoms. The van der Waals surface area contributed by atoms with Crippen LogP contribution in [0.1, 0.15) is 12.5 Å². The molecule has 0 saturated carbocycles. The SMILES string of the molecule is CCOc1ccc2ncc(C#N)c(Nc3cccc(Br)c3)c2n1. The molecule has 0 aliphatic rings. The number of benzene rings is 1. The lowest BCUT2D eigenvalue weighted by molar-refractivity contribution is 0.328. The lowest BCUT2D eigenvalue weighted by atomic mass is 10.2. The maximum atomic E-state index is 9.38. The minimum absolute atomic E-state index is 0.429. The zero-order valence-electron chi connectivity index (χ0n) is 12.4. The van der Waals surface area contributed by atoms with E-state index < -0.39 is 0 Å². The van der Waals surface area contributed by atoms with E-state index in [1.807, 2.05) is 37.3 Å². The first kappa shape index (κ1) is 15.3. The highest BCUT2D eigenvalue weighted by molar-refractivity contribution is 9.10. The van der Waals surface area contributed by atoms with Gasteiger partial charge in [-0.05, 0) is 31.2 Å². The molecule has 0 atom stereocenters. The van der Waals surface area contributed by atoms with Gasteiger partial charge in [0.15, 0.2) is 0 Å². The molecule has 3 aromatic rings. The van der Waals surface area contributed by atoms with E-state index in [2.05, 4.69) is 37.3 Å². The lowest BCUT2D eigenvalue weighted by Crippen LogP contribution is -2.00. The average molecular weight is 369 g/mol. The third kappa shape index (κ3) is 3.25. The number of halogens is 1. The molecule has 0 radical (unpaired) electrons. The molecule has 5 nitrogen and oxygen atoms in total. The van der Waals surface area contributed by atoms with Crippen LogP contribution in [0.3, 0.4) is 0 Å². The monoisotopic (exact) mass is 368 g/mol. The summed E-state index contributed by atoms with van der Waals surface area (Å²) in [6.45, 7) is 2.43. The molecule has 3 rings (SSSR count). The molecule has 6 heteroatoms. The summed E-state index contributed by atoms with van der Waals surface area (Å²) in [5.74, 6) is 0.509. The van der Waals surface area contributed by atoms with E-state index in [9.17, 15) is 5.26 Å². The number of anilines is 2. The first-order valence-corrected chi connectivity index (χ1v) is 7.86. The molecule has 23 heavy (non-hydrogen) atoms. The highest BCUT2D eigenvalue weighted by atomic mass is 79.9. The molecule has 0 unspecified atom stereocenters. The largest absolute Gasteiger partial charge is 0.478 e. The minimum Gasteiger partial charge on any atom is -0.478 e. The molecular weight excluding hydrogens is 356 g/mol. The van der Waals surface area contributed by atoms with Crippen LogP contribution >= 0.6 is 15.9 Å². The van der Waals surface area contributed by atoms with Crippen molar-refractivity contribution in [3.05, 3.63) is 52.6 Å².